The molecule has 154 valence electrons. The van der Waals surface area contributed by atoms with Gasteiger partial charge in [0.2, 0.25) is 10.8 Å². The summed E-state index contributed by atoms with van der Waals surface area (Å²) in [5, 5.41) is 15.3. The summed E-state index contributed by atoms with van der Waals surface area (Å²) in [6.07, 6.45) is 0. The number of nitrogens with zero attached hydrogens (tertiary/aromatic N) is 5. The van der Waals surface area contributed by atoms with Gasteiger partial charge in [-0.05, 0) is 36.8 Å². The van der Waals surface area contributed by atoms with Crippen LogP contribution in [0.5, 0.6) is 5.88 Å². The van der Waals surface area contributed by atoms with Crippen molar-refractivity contribution in [2.45, 2.75) is 13.0 Å². The fraction of sp³-hybridized carbons (Fsp3) is 0.273. The van der Waals surface area contributed by atoms with Gasteiger partial charge in [-0.2, -0.15) is 4.52 Å². The lowest BCUT2D eigenvalue weighted by molar-refractivity contribution is 0.211. The maximum atomic E-state index is 11.0. The van der Waals surface area contributed by atoms with Crippen LogP contribution in [0, 0.1) is 6.92 Å². The topological polar surface area (TPSA) is 56.9 Å². The van der Waals surface area contributed by atoms with Gasteiger partial charge in [0.05, 0.1) is 10.9 Å². The molecule has 0 saturated carbocycles. The molecular formula is C22H22BrN5OS. The second-order valence-electron chi connectivity index (χ2n) is 7.46. The van der Waals surface area contributed by atoms with E-state index in [1.807, 2.05) is 6.92 Å². The summed E-state index contributed by atoms with van der Waals surface area (Å²) in [7, 11) is 0. The van der Waals surface area contributed by atoms with Gasteiger partial charge < -0.3 is 10.0 Å². The van der Waals surface area contributed by atoms with Gasteiger partial charge in [-0.25, -0.2) is 4.98 Å². The second-order valence-corrected chi connectivity index (χ2v) is 9.38. The number of halogens is 1. The monoisotopic (exact) mass is 483 g/mol. The standard InChI is InChI=1S/C22H22BrN5OS/c1-15-24-22-28(25-15)21(29)20(30-22)19(16-7-9-17(23)10-8-16)27-13-11-26(12-14-27)18-5-3-2-4-6-18/h2-10,19,29H,11-14H2,1H3. The van der Waals surface area contributed by atoms with Crippen LogP contribution in [0.1, 0.15) is 22.3 Å². The number of benzene rings is 2. The lowest BCUT2D eigenvalue weighted by Gasteiger charge is -2.40. The first-order valence-corrected chi connectivity index (χ1v) is 11.6. The molecule has 1 N–H and O–H groups in total. The maximum absolute atomic E-state index is 11.0. The summed E-state index contributed by atoms with van der Waals surface area (Å²) < 4.78 is 2.60. The van der Waals surface area contributed by atoms with Crippen molar-refractivity contribution in [3.63, 3.8) is 0 Å². The minimum Gasteiger partial charge on any atom is -0.492 e. The van der Waals surface area contributed by atoms with Crippen molar-refractivity contribution >= 4 is 37.9 Å². The lowest BCUT2D eigenvalue weighted by atomic mass is 10.0. The summed E-state index contributed by atoms with van der Waals surface area (Å²) in [4.78, 5) is 10.9. The zero-order valence-corrected chi connectivity index (χ0v) is 19.0. The highest BCUT2D eigenvalue weighted by molar-refractivity contribution is 9.10. The van der Waals surface area contributed by atoms with Gasteiger partial charge >= 0.3 is 0 Å². The number of thiazole rings is 1. The van der Waals surface area contributed by atoms with Crippen LogP contribution in [-0.2, 0) is 0 Å². The van der Waals surface area contributed by atoms with Crippen molar-refractivity contribution in [2.75, 3.05) is 31.1 Å². The molecule has 1 saturated heterocycles. The Balaban J connectivity index is 1.48. The Kier molecular flexibility index (Phi) is 5.22. The summed E-state index contributed by atoms with van der Waals surface area (Å²) in [5.41, 5.74) is 2.41. The Morgan fingerprint density at radius 2 is 1.70 bits per heavy atom. The fourth-order valence-corrected chi connectivity index (χ4v) is 5.50. The first-order chi connectivity index (χ1) is 14.6. The van der Waals surface area contributed by atoms with Gasteiger partial charge in [-0.1, -0.05) is 57.6 Å². The molecule has 0 aliphatic carbocycles. The van der Waals surface area contributed by atoms with Crippen LogP contribution < -0.4 is 4.90 Å². The molecule has 0 radical (unpaired) electrons. The number of hydrogen-bond donors (Lipinski definition) is 1. The minimum atomic E-state index is -0.0372. The van der Waals surface area contributed by atoms with Crippen LogP contribution >= 0.6 is 27.3 Å². The zero-order valence-electron chi connectivity index (χ0n) is 16.6. The van der Waals surface area contributed by atoms with Crippen LogP contribution in [0.2, 0.25) is 0 Å². The SMILES string of the molecule is Cc1nc2sc(C(c3ccc(Br)cc3)N3CCN(c4ccccc4)CC3)c(O)n2n1. The average Bonchev–Trinajstić information content (AvgIpc) is 3.28. The number of aromatic nitrogens is 3. The van der Waals surface area contributed by atoms with Gasteiger partial charge in [0, 0.05) is 36.3 Å². The Hall–Kier alpha value is -2.42. The van der Waals surface area contributed by atoms with Crippen molar-refractivity contribution in [3.05, 3.63) is 75.3 Å². The number of hydrogen-bond acceptors (Lipinski definition) is 6. The van der Waals surface area contributed by atoms with Crippen LogP contribution in [0.15, 0.2) is 59.1 Å². The summed E-state index contributed by atoms with van der Waals surface area (Å²) in [5.74, 6) is 0.855. The highest BCUT2D eigenvalue weighted by Crippen LogP contribution is 2.40. The number of aryl methyl sites for hydroxylation is 1. The summed E-state index contributed by atoms with van der Waals surface area (Å²) >= 11 is 5.05. The third kappa shape index (κ3) is 3.59. The molecule has 1 unspecified atom stereocenters. The number of para-hydroxylation sites is 1. The molecule has 0 amide bonds. The molecule has 1 fully saturated rings. The Morgan fingerprint density at radius 3 is 2.37 bits per heavy atom. The zero-order chi connectivity index (χ0) is 20.7. The summed E-state index contributed by atoms with van der Waals surface area (Å²) in [6, 6.07) is 18.9. The molecule has 0 bridgehead atoms. The maximum Gasteiger partial charge on any atom is 0.230 e. The molecule has 2 aromatic heterocycles. The van der Waals surface area contributed by atoms with Crippen molar-refractivity contribution in [1.29, 1.82) is 0 Å². The molecule has 1 aliphatic rings. The molecule has 5 rings (SSSR count). The van der Waals surface area contributed by atoms with E-state index in [9.17, 15) is 5.11 Å². The molecule has 6 nitrogen and oxygen atoms in total. The van der Waals surface area contributed by atoms with Crippen LogP contribution in [0.4, 0.5) is 5.69 Å². The number of piperazine rings is 1. The lowest BCUT2D eigenvalue weighted by Crippen LogP contribution is -2.47. The molecular weight excluding hydrogens is 462 g/mol. The molecule has 8 heteroatoms. The van der Waals surface area contributed by atoms with Gasteiger partial charge in [-0.3, -0.25) is 4.90 Å². The molecule has 1 atom stereocenters. The Morgan fingerprint density at radius 1 is 1.00 bits per heavy atom. The third-order valence-corrected chi connectivity index (χ3v) is 7.14. The third-order valence-electron chi connectivity index (χ3n) is 5.54. The van der Waals surface area contributed by atoms with Crippen LogP contribution in [0.3, 0.4) is 0 Å². The average molecular weight is 484 g/mol. The molecule has 3 heterocycles. The van der Waals surface area contributed by atoms with E-state index in [2.05, 4.69) is 90.4 Å². The van der Waals surface area contributed by atoms with E-state index < -0.39 is 0 Å². The molecule has 1 aliphatic heterocycles. The molecule has 2 aromatic carbocycles. The van der Waals surface area contributed by atoms with E-state index in [1.165, 1.54) is 17.0 Å². The number of fused-ring (bicyclic) bond motifs is 1. The van der Waals surface area contributed by atoms with Crippen molar-refractivity contribution in [2.24, 2.45) is 0 Å². The Labute approximate surface area is 187 Å². The van der Waals surface area contributed by atoms with Crippen LogP contribution in [-0.4, -0.2) is 50.8 Å². The summed E-state index contributed by atoms with van der Waals surface area (Å²) in [6.45, 7) is 5.53. The largest absolute Gasteiger partial charge is 0.492 e. The molecule has 30 heavy (non-hydrogen) atoms. The Bertz CT molecular complexity index is 1150. The van der Waals surface area contributed by atoms with E-state index in [4.69, 9.17) is 0 Å². The van der Waals surface area contributed by atoms with Gasteiger partial charge in [0.25, 0.3) is 0 Å². The quantitative estimate of drug-likeness (QED) is 0.463. The highest BCUT2D eigenvalue weighted by atomic mass is 79.9. The van der Waals surface area contributed by atoms with Crippen molar-refractivity contribution < 1.29 is 5.11 Å². The number of anilines is 1. The number of rotatable bonds is 4. The van der Waals surface area contributed by atoms with E-state index in [1.54, 1.807) is 4.52 Å². The fourth-order valence-electron chi connectivity index (χ4n) is 4.08. The van der Waals surface area contributed by atoms with Gasteiger partial charge in [0.15, 0.2) is 0 Å². The van der Waals surface area contributed by atoms with E-state index in [-0.39, 0.29) is 11.9 Å². The minimum absolute atomic E-state index is 0.0372. The molecule has 4 aromatic rings. The highest BCUT2D eigenvalue weighted by Gasteiger charge is 2.31. The van der Waals surface area contributed by atoms with Crippen molar-refractivity contribution in [3.8, 4) is 5.88 Å². The first kappa shape index (κ1) is 19.5. The van der Waals surface area contributed by atoms with Crippen molar-refractivity contribution in [1.82, 2.24) is 19.5 Å². The van der Waals surface area contributed by atoms with E-state index >= 15 is 0 Å². The first-order valence-electron chi connectivity index (χ1n) is 9.94. The van der Waals surface area contributed by atoms with Gasteiger partial charge in [-0.15, -0.1) is 5.10 Å². The normalized spacial score (nSPS) is 16.3. The smallest absolute Gasteiger partial charge is 0.230 e. The second kappa shape index (κ2) is 8.02. The molecule has 0 spiro atoms. The predicted molar refractivity (Wildman–Crippen MR) is 123 cm³/mol. The van der Waals surface area contributed by atoms with Gasteiger partial charge in [0.1, 0.15) is 5.82 Å². The van der Waals surface area contributed by atoms with Crippen LogP contribution in [0.25, 0.3) is 4.96 Å². The number of aromatic hydroxyl groups is 1. The predicted octanol–water partition coefficient (Wildman–Crippen LogP) is 4.48. The van der Waals surface area contributed by atoms with E-state index in [0.717, 1.165) is 46.1 Å². The van der Waals surface area contributed by atoms with E-state index in [0.29, 0.717) is 5.82 Å².